The van der Waals surface area contributed by atoms with Gasteiger partial charge in [0.2, 0.25) is 6.41 Å². The van der Waals surface area contributed by atoms with Crippen LogP contribution in [-0.4, -0.2) is 37.7 Å². The fourth-order valence-electron chi connectivity index (χ4n) is 2.69. The molecular formula is C21H20Cl2N6O2. The molecule has 10 heteroatoms. The minimum Gasteiger partial charge on any atom is -0.397 e. The first-order valence-corrected chi connectivity index (χ1v) is 9.83. The molecule has 0 spiro atoms. The monoisotopic (exact) mass is 458 g/mol. The molecule has 2 aromatic carbocycles. The van der Waals surface area contributed by atoms with Crippen molar-refractivity contribution in [3.05, 3.63) is 69.2 Å². The molecule has 0 atom stereocenters. The number of amides is 2. The van der Waals surface area contributed by atoms with Crippen molar-refractivity contribution in [1.82, 2.24) is 5.32 Å². The lowest BCUT2D eigenvalue weighted by Gasteiger charge is -2.14. The fourth-order valence-corrected chi connectivity index (χ4v) is 3.09. The summed E-state index contributed by atoms with van der Waals surface area (Å²) < 4.78 is 0. The van der Waals surface area contributed by atoms with Gasteiger partial charge in [0.25, 0.3) is 5.91 Å². The first kappa shape index (κ1) is 23.7. The van der Waals surface area contributed by atoms with Crippen LogP contribution < -0.4 is 22.1 Å². The number of hydrogen-bond acceptors (Lipinski definition) is 6. The Kier molecular flexibility index (Phi) is 8.88. The Bertz CT molecular complexity index is 1060. The molecule has 2 aromatic rings. The molecule has 8 nitrogen and oxygen atoms in total. The van der Waals surface area contributed by atoms with E-state index in [-0.39, 0.29) is 40.1 Å². The van der Waals surface area contributed by atoms with Gasteiger partial charge in [-0.15, -0.1) is 0 Å². The summed E-state index contributed by atoms with van der Waals surface area (Å²) in [6.45, 7) is 0.612. The van der Waals surface area contributed by atoms with Crippen molar-refractivity contribution >= 4 is 52.6 Å². The van der Waals surface area contributed by atoms with E-state index < -0.39 is 5.91 Å². The summed E-state index contributed by atoms with van der Waals surface area (Å²) in [5, 5.41) is 14.9. The zero-order chi connectivity index (χ0) is 22.8. The average molecular weight is 459 g/mol. The second-order valence-corrected chi connectivity index (χ2v) is 6.98. The minimum absolute atomic E-state index is 0.00602. The zero-order valence-electron chi connectivity index (χ0n) is 16.4. The Labute approximate surface area is 189 Å². The van der Waals surface area contributed by atoms with Gasteiger partial charge in [0.1, 0.15) is 0 Å². The third-order valence-corrected chi connectivity index (χ3v) is 4.98. The summed E-state index contributed by atoms with van der Waals surface area (Å²) in [5.41, 5.74) is 13.6. The van der Waals surface area contributed by atoms with Crippen LogP contribution in [0.25, 0.3) is 5.70 Å². The molecule has 0 aliphatic rings. The number of nitriles is 1. The molecule has 0 saturated carbocycles. The van der Waals surface area contributed by atoms with E-state index in [1.807, 2.05) is 6.07 Å². The average Bonchev–Trinajstić information content (AvgIpc) is 2.76. The molecule has 0 radical (unpaired) electrons. The third kappa shape index (κ3) is 6.47. The highest BCUT2D eigenvalue weighted by Gasteiger charge is 2.20. The van der Waals surface area contributed by atoms with Crippen molar-refractivity contribution in [2.75, 3.05) is 25.0 Å². The smallest absolute Gasteiger partial charge is 0.252 e. The van der Waals surface area contributed by atoms with E-state index in [4.69, 9.17) is 39.9 Å². The predicted octanol–water partition coefficient (Wildman–Crippen LogP) is 2.32. The molecule has 0 bridgehead atoms. The molecular weight excluding hydrogens is 439 g/mol. The number of nitrogens with one attached hydrogen (secondary N) is 2. The van der Waals surface area contributed by atoms with E-state index >= 15 is 0 Å². The van der Waals surface area contributed by atoms with E-state index in [1.54, 1.807) is 42.5 Å². The molecule has 0 heterocycles. The lowest BCUT2D eigenvalue weighted by Crippen LogP contribution is -2.32. The second kappa shape index (κ2) is 11.6. The Balaban J connectivity index is 2.29. The lowest BCUT2D eigenvalue weighted by molar-refractivity contribution is -0.114. The third-order valence-electron chi connectivity index (χ3n) is 4.16. The number of carbonyl (C=O) groups is 2. The molecule has 2 rings (SSSR count). The highest BCUT2D eigenvalue weighted by molar-refractivity contribution is 6.43. The van der Waals surface area contributed by atoms with Crippen LogP contribution in [-0.2, 0) is 9.59 Å². The number of rotatable bonds is 10. The normalized spacial score (nSPS) is 11.8. The van der Waals surface area contributed by atoms with Gasteiger partial charge in [0.15, 0.2) is 0 Å². The van der Waals surface area contributed by atoms with Crippen LogP contribution >= 0.6 is 23.2 Å². The number of anilines is 1. The van der Waals surface area contributed by atoms with Gasteiger partial charge in [-0.2, -0.15) is 5.26 Å². The van der Waals surface area contributed by atoms with Gasteiger partial charge >= 0.3 is 0 Å². The highest BCUT2D eigenvalue weighted by atomic mass is 35.5. The van der Waals surface area contributed by atoms with Crippen molar-refractivity contribution in [2.24, 2.45) is 16.5 Å². The van der Waals surface area contributed by atoms with Gasteiger partial charge in [-0.1, -0.05) is 35.3 Å². The number of benzene rings is 2. The van der Waals surface area contributed by atoms with Crippen LogP contribution in [0, 0.1) is 11.3 Å². The van der Waals surface area contributed by atoms with Crippen LogP contribution in [0.4, 0.5) is 5.69 Å². The first-order valence-electron chi connectivity index (χ1n) is 9.07. The van der Waals surface area contributed by atoms with Gasteiger partial charge in [-0.3, -0.25) is 14.6 Å². The van der Waals surface area contributed by atoms with Crippen LogP contribution in [0.15, 0.2) is 53.0 Å². The number of hydrogen-bond donors (Lipinski definition) is 4. The molecule has 0 aliphatic heterocycles. The zero-order valence-corrected chi connectivity index (χ0v) is 17.9. The molecule has 0 saturated heterocycles. The van der Waals surface area contributed by atoms with Gasteiger partial charge < -0.3 is 22.1 Å². The van der Waals surface area contributed by atoms with E-state index in [9.17, 15) is 9.59 Å². The summed E-state index contributed by atoms with van der Waals surface area (Å²) in [7, 11) is 0. The SMILES string of the molecule is N#Cc1ccc(NCCN=C(CNC=O)C(C(N)=O)=C(N)c2cccc(Cl)c2Cl)cc1. The molecule has 0 unspecified atom stereocenters. The van der Waals surface area contributed by atoms with Gasteiger partial charge in [0.05, 0.1) is 51.7 Å². The van der Waals surface area contributed by atoms with Crippen molar-refractivity contribution in [3.8, 4) is 6.07 Å². The van der Waals surface area contributed by atoms with Gasteiger partial charge in [-0.25, -0.2) is 0 Å². The number of aliphatic imine (C=N–C) groups is 1. The van der Waals surface area contributed by atoms with E-state index in [0.717, 1.165) is 5.69 Å². The molecule has 160 valence electrons. The number of nitrogens with zero attached hydrogens (tertiary/aromatic N) is 2. The summed E-state index contributed by atoms with van der Waals surface area (Å²) in [4.78, 5) is 27.4. The highest BCUT2D eigenvalue weighted by Crippen LogP contribution is 2.30. The van der Waals surface area contributed by atoms with Crippen LogP contribution in [0.3, 0.4) is 0 Å². The van der Waals surface area contributed by atoms with Gasteiger partial charge in [0, 0.05) is 17.8 Å². The Morgan fingerprint density at radius 3 is 2.48 bits per heavy atom. The summed E-state index contributed by atoms with van der Waals surface area (Å²) in [5.74, 6) is -0.819. The van der Waals surface area contributed by atoms with Crippen molar-refractivity contribution in [3.63, 3.8) is 0 Å². The molecule has 6 N–H and O–H groups in total. The fraction of sp³-hybridized carbons (Fsp3) is 0.143. The number of carbonyl (C=O) groups excluding carboxylic acids is 2. The number of halogens is 2. The van der Waals surface area contributed by atoms with Crippen molar-refractivity contribution < 1.29 is 9.59 Å². The summed E-state index contributed by atoms with van der Waals surface area (Å²) >= 11 is 12.3. The second-order valence-electron chi connectivity index (χ2n) is 6.20. The maximum absolute atomic E-state index is 12.2. The molecule has 0 fully saturated rings. The standard InChI is InChI=1S/C21H20Cl2N6O2/c22-16-3-1-2-15(19(16)23)20(25)18(21(26)31)17(11-27-12-30)29-9-8-28-14-6-4-13(10-24)5-7-14/h1-7,12,28H,8-9,11,25H2,(H2,26,31)(H,27,30). The minimum atomic E-state index is -0.819. The Morgan fingerprint density at radius 2 is 1.87 bits per heavy atom. The van der Waals surface area contributed by atoms with Crippen LogP contribution in [0.5, 0.6) is 0 Å². The van der Waals surface area contributed by atoms with Crippen molar-refractivity contribution in [2.45, 2.75) is 0 Å². The van der Waals surface area contributed by atoms with Crippen LogP contribution in [0.1, 0.15) is 11.1 Å². The topological polar surface area (TPSA) is 146 Å². The van der Waals surface area contributed by atoms with E-state index in [2.05, 4.69) is 15.6 Å². The molecule has 31 heavy (non-hydrogen) atoms. The maximum atomic E-state index is 12.2. The van der Waals surface area contributed by atoms with E-state index in [0.29, 0.717) is 24.1 Å². The molecule has 0 aliphatic carbocycles. The molecule has 2 amide bonds. The van der Waals surface area contributed by atoms with Crippen LogP contribution in [0.2, 0.25) is 10.0 Å². The molecule has 0 aromatic heterocycles. The summed E-state index contributed by atoms with van der Waals surface area (Å²) in [6.07, 6.45) is 0.478. The van der Waals surface area contributed by atoms with Gasteiger partial charge in [-0.05, 0) is 30.3 Å². The number of primary amides is 1. The number of nitrogens with two attached hydrogens (primary N) is 2. The first-order chi connectivity index (χ1) is 14.9. The predicted molar refractivity (Wildman–Crippen MR) is 123 cm³/mol. The largest absolute Gasteiger partial charge is 0.397 e. The maximum Gasteiger partial charge on any atom is 0.252 e. The summed E-state index contributed by atoms with van der Waals surface area (Å²) in [6, 6.07) is 13.8. The quantitative estimate of drug-likeness (QED) is 0.186. The lowest BCUT2D eigenvalue weighted by atomic mass is 10.0. The van der Waals surface area contributed by atoms with E-state index in [1.165, 1.54) is 0 Å². The Morgan fingerprint density at radius 1 is 1.16 bits per heavy atom. The van der Waals surface area contributed by atoms with Crippen molar-refractivity contribution in [1.29, 1.82) is 5.26 Å². The Hall–Kier alpha value is -3.54.